The van der Waals surface area contributed by atoms with E-state index in [-0.39, 0.29) is 19.6 Å². The number of carbonyl (C=O) groups excluding carboxylic acids is 1. The Bertz CT molecular complexity index is 1030. The summed E-state index contributed by atoms with van der Waals surface area (Å²) in [5.41, 5.74) is 1.19. The molecule has 34 heavy (non-hydrogen) atoms. The van der Waals surface area contributed by atoms with Crippen LogP contribution in [0.2, 0.25) is 0 Å². The van der Waals surface area contributed by atoms with Crippen molar-refractivity contribution in [2.24, 2.45) is 0 Å². The van der Waals surface area contributed by atoms with Crippen molar-refractivity contribution in [3.05, 3.63) is 95.6 Å². The number of ether oxygens (including phenoxy) is 3. The Morgan fingerprint density at radius 3 is 1.94 bits per heavy atom. The summed E-state index contributed by atoms with van der Waals surface area (Å²) < 4.78 is 55.0. The maximum absolute atomic E-state index is 12.5. The Hall–Kier alpha value is -3.52. The van der Waals surface area contributed by atoms with Gasteiger partial charge in [0, 0.05) is 18.2 Å². The lowest BCUT2D eigenvalue weighted by Gasteiger charge is -2.37. The first kappa shape index (κ1) is 25.1. The van der Waals surface area contributed by atoms with Crippen LogP contribution in [-0.2, 0) is 15.1 Å². The summed E-state index contributed by atoms with van der Waals surface area (Å²) in [6.07, 6.45) is -4.75. The molecule has 0 atom stereocenters. The second-order valence-corrected chi connectivity index (χ2v) is 7.44. The van der Waals surface area contributed by atoms with Gasteiger partial charge in [0.15, 0.2) is 0 Å². The third-order valence-electron chi connectivity index (χ3n) is 5.33. The normalized spacial score (nSPS) is 11.7. The highest BCUT2D eigenvalue weighted by atomic mass is 19.4. The van der Waals surface area contributed by atoms with Gasteiger partial charge in [-0.3, -0.25) is 4.79 Å². The third kappa shape index (κ3) is 5.51. The summed E-state index contributed by atoms with van der Waals surface area (Å²) >= 11 is 0. The summed E-state index contributed by atoms with van der Waals surface area (Å²) in [5.74, 6) is -0.843. The lowest BCUT2D eigenvalue weighted by molar-refractivity contribution is -0.173. The van der Waals surface area contributed by atoms with Gasteiger partial charge in [-0.1, -0.05) is 60.7 Å². The molecule has 3 aromatic carbocycles. The van der Waals surface area contributed by atoms with Crippen molar-refractivity contribution in [3.63, 3.8) is 0 Å². The fourth-order valence-corrected chi connectivity index (χ4v) is 3.76. The van der Waals surface area contributed by atoms with Crippen LogP contribution in [0.1, 0.15) is 23.1 Å². The van der Waals surface area contributed by atoms with Crippen LogP contribution in [0.5, 0.6) is 11.5 Å². The third-order valence-corrected chi connectivity index (χ3v) is 5.33. The number of alkyl halides is 3. The van der Waals surface area contributed by atoms with Gasteiger partial charge in [0.2, 0.25) is 0 Å². The minimum Gasteiger partial charge on any atom is -0.497 e. The van der Waals surface area contributed by atoms with Gasteiger partial charge in [0.1, 0.15) is 17.1 Å². The van der Waals surface area contributed by atoms with E-state index in [1.165, 1.54) is 0 Å². The minimum absolute atomic E-state index is 0.0666. The van der Waals surface area contributed by atoms with E-state index >= 15 is 0 Å². The molecule has 0 radical (unpaired) electrons. The van der Waals surface area contributed by atoms with E-state index in [0.717, 1.165) is 11.1 Å². The van der Waals surface area contributed by atoms with Gasteiger partial charge in [-0.05, 0) is 29.7 Å². The maximum atomic E-state index is 12.5. The molecule has 0 spiro atoms. The molecule has 0 aromatic heterocycles. The average Bonchev–Trinajstić information content (AvgIpc) is 2.86. The smallest absolute Gasteiger partial charge is 0.471 e. The molecule has 0 bridgehead atoms. The number of nitrogens with one attached hydrogen (secondary N) is 1. The van der Waals surface area contributed by atoms with Crippen LogP contribution in [-0.4, -0.2) is 39.5 Å². The fraction of sp³-hybridized carbons (Fsp3) is 0.269. The molecule has 3 rings (SSSR count). The standard InChI is InChI=1S/C26H26F3NO4/c1-32-21-14-15-22(23(18-21)33-2)25(19-10-5-3-6-11-19,20-12-7-4-8-13-20)34-17-9-16-30-24(31)26(27,28)29/h3-8,10-15,18H,9,16-17H2,1-2H3,(H,30,31). The van der Waals surface area contributed by atoms with E-state index in [0.29, 0.717) is 17.1 Å². The van der Waals surface area contributed by atoms with E-state index in [9.17, 15) is 18.0 Å². The number of methoxy groups -OCH3 is 2. The van der Waals surface area contributed by atoms with Crippen molar-refractivity contribution in [1.29, 1.82) is 0 Å². The molecule has 0 saturated heterocycles. The van der Waals surface area contributed by atoms with Crippen molar-refractivity contribution in [1.82, 2.24) is 5.32 Å². The molecule has 1 N–H and O–H groups in total. The number of hydrogen-bond acceptors (Lipinski definition) is 4. The van der Waals surface area contributed by atoms with E-state index in [1.54, 1.807) is 26.4 Å². The monoisotopic (exact) mass is 473 g/mol. The van der Waals surface area contributed by atoms with Gasteiger partial charge < -0.3 is 19.5 Å². The Balaban J connectivity index is 2.03. The Morgan fingerprint density at radius 1 is 0.853 bits per heavy atom. The average molecular weight is 473 g/mol. The zero-order valence-corrected chi connectivity index (χ0v) is 18.9. The van der Waals surface area contributed by atoms with Crippen molar-refractivity contribution in [2.75, 3.05) is 27.4 Å². The molecule has 180 valence electrons. The molecular weight excluding hydrogens is 447 g/mol. The molecule has 0 aliphatic rings. The first-order valence-electron chi connectivity index (χ1n) is 10.7. The highest BCUT2D eigenvalue weighted by Crippen LogP contribution is 2.45. The number of halogens is 3. The molecule has 0 unspecified atom stereocenters. The van der Waals surface area contributed by atoms with E-state index in [4.69, 9.17) is 14.2 Å². The fourth-order valence-electron chi connectivity index (χ4n) is 3.76. The molecule has 0 heterocycles. The summed E-state index contributed by atoms with van der Waals surface area (Å²) in [6, 6.07) is 24.4. The van der Waals surface area contributed by atoms with E-state index < -0.39 is 17.7 Å². The van der Waals surface area contributed by atoms with Crippen molar-refractivity contribution in [3.8, 4) is 11.5 Å². The lowest BCUT2D eigenvalue weighted by atomic mass is 9.79. The number of benzene rings is 3. The predicted octanol–water partition coefficient (Wildman–Crippen LogP) is 5.08. The van der Waals surface area contributed by atoms with Crippen molar-refractivity contribution >= 4 is 5.91 Å². The van der Waals surface area contributed by atoms with Gasteiger partial charge in [-0.2, -0.15) is 13.2 Å². The zero-order valence-electron chi connectivity index (χ0n) is 18.9. The number of hydrogen-bond donors (Lipinski definition) is 1. The van der Waals surface area contributed by atoms with E-state index in [1.807, 2.05) is 72.0 Å². The first-order valence-corrected chi connectivity index (χ1v) is 10.7. The summed E-state index contributed by atoms with van der Waals surface area (Å²) in [4.78, 5) is 11.1. The maximum Gasteiger partial charge on any atom is 0.471 e. The van der Waals surface area contributed by atoms with Crippen LogP contribution in [0, 0.1) is 0 Å². The Morgan fingerprint density at radius 2 is 1.44 bits per heavy atom. The van der Waals surface area contributed by atoms with Gasteiger partial charge >= 0.3 is 12.1 Å². The van der Waals surface area contributed by atoms with Gasteiger partial charge in [0.25, 0.3) is 0 Å². The highest BCUT2D eigenvalue weighted by molar-refractivity contribution is 5.81. The Kier molecular flexibility index (Phi) is 8.17. The minimum atomic E-state index is -4.92. The summed E-state index contributed by atoms with van der Waals surface area (Å²) in [5, 5.41) is 1.88. The topological polar surface area (TPSA) is 56.8 Å². The van der Waals surface area contributed by atoms with Crippen LogP contribution in [0.4, 0.5) is 13.2 Å². The van der Waals surface area contributed by atoms with Crippen molar-refractivity contribution < 1.29 is 32.2 Å². The van der Waals surface area contributed by atoms with E-state index in [2.05, 4.69) is 0 Å². The van der Waals surface area contributed by atoms with Gasteiger partial charge in [0.05, 0.1) is 20.8 Å². The molecule has 3 aromatic rings. The molecule has 1 amide bonds. The quantitative estimate of drug-likeness (QED) is 0.330. The SMILES string of the molecule is COc1ccc(C(OCCCNC(=O)C(F)(F)F)(c2ccccc2)c2ccccc2)c(OC)c1. The molecule has 8 heteroatoms. The number of amides is 1. The largest absolute Gasteiger partial charge is 0.497 e. The molecule has 5 nitrogen and oxygen atoms in total. The van der Waals surface area contributed by atoms with Crippen LogP contribution >= 0.6 is 0 Å². The first-order chi connectivity index (χ1) is 16.3. The predicted molar refractivity (Wildman–Crippen MR) is 122 cm³/mol. The zero-order chi connectivity index (χ0) is 24.6. The summed E-state index contributed by atoms with van der Waals surface area (Å²) in [6.45, 7) is -0.116. The van der Waals surface area contributed by atoms with Crippen LogP contribution in [0.15, 0.2) is 78.9 Å². The summed E-state index contributed by atoms with van der Waals surface area (Å²) in [7, 11) is 3.10. The molecule has 0 aliphatic carbocycles. The number of rotatable bonds is 10. The second kappa shape index (κ2) is 11.1. The lowest BCUT2D eigenvalue weighted by Crippen LogP contribution is -2.38. The van der Waals surface area contributed by atoms with Crippen LogP contribution < -0.4 is 14.8 Å². The molecular formula is C26H26F3NO4. The van der Waals surface area contributed by atoms with Crippen LogP contribution in [0.3, 0.4) is 0 Å². The van der Waals surface area contributed by atoms with Crippen LogP contribution in [0.25, 0.3) is 0 Å². The van der Waals surface area contributed by atoms with Gasteiger partial charge in [-0.15, -0.1) is 0 Å². The van der Waals surface area contributed by atoms with Gasteiger partial charge in [-0.25, -0.2) is 0 Å². The highest BCUT2D eigenvalue weighted by Gasteiger charge is 2.40. The molecule has 0 saturated carbocycles. The molecule has 0 aliphatic heterocycles. The second-order valence-electron chi connectivity index (χ2n) is 7.44. The number of carbonyl (C=O) groups is 1. The van der Waals surface area contributed by atoms with Crippen molar-refractivity contribution in [2.45, 2.75) is 18.2 Å². The molecule has 0 fully saturated rings. The Labute approximate surface area is 196 Å².